The summed E-state index contributed by atoms with van der Waals surface area (Å²) in [6, 6.07) is 10.4. The number of hydrogen-bond acceptors (Lipinski definition) is 1. The number of methoxy groups -OCH3 is 1. The maximum atomic E-state index is 6.18. The fourth-order valence-electron chi connectivity index (χ4n) is 2.30. The van der Waals surface area contributed by atoms with Gasteiger partial charge in [0.1, 0.15) is 5.75 Å². The summed E-state index contributed by atoms with van der Waals surface area (Å²) < 4.78 is 5.48. The van der Waals surface area contributed by atoms with Crippen molar-refractivity contribution in [3.05, 3.63) is 63.2 Å². The molecule has 1 unspecified atom stereocenters. The molecule has 1 atom stereocenters. The second-order valence-corrected chi connectivity index (χ2v) is 6.39. The van der Waals surface area contributed by atoms with Crippen LogP contribution in [0.2, 0.25) is 5.02 Å². The second kappa shape index (κ2) is 6.19. The summed E-state index contributed by atoms with van der Waals surface area (Å²) >= 11 is 9.99. The van der Waals surface area contributed by atoms with Crippen molar-refractivity contribution in [3.8, 4) is 5.75 Å². The molecule has 0 N–H and O–H groups in total. The van der Waals surface area contributed by atoms with Crippen molar-refractivity contribution in [2.24, 2.45) is 0 Å². The van der Waals surface area contributed by atoms with Gasteiger partial charge in [-0.1, -0.05) is 51.3 Å². The summed E-state index contributed by atoms with van der Waals surface area (Å²) in [6.07, 6.45) is 0. The molecular weight excluding hydrogens is 336 g/mol. The SMILES string of the molecule is COc1ccc(C)cc1C(Br)c1cc(C)c(Cl)cc1C. The zero-order valence-electron chi connectivity index (χ0n) is 12.1. The Hall–Kier alpha value is -0.990. The standard InChI is InChI=1S/C17H18BrClO/c1-10-5-6-16(20-4)14(7-10)17(18)13-8-12(3)15(19)9-11(13)2/h5-9,17H,1-4H3. The van der Waals surface area contributed by atoms with E-state index < -0.39 is 0 Å². The number of rotatable bonds is 3. The Balaban J connectivity index is 2.54. The number of alkyl halides is 1. The number of halogens is 2. The largest absolute Gasteiger partial charge is 0.496 e. The lowest BCUT2D eigenvalue weighted by Gasteiger charge is -2.18. The Kier molecular flexibility index (Phi) is 4.77. The quantitative estimate of drug-likeness (QED) is 0.638. The second-order valence-electron chi connectivity index (χ2n) is 5.07. The monoisotopic (exact) mass is 352 g/mol. The molecule has 2 rings (SSSR count). The minimum atomic E-state index is 0.0910. The summed E-state index contributed by atoms with van der Waals surface area (Å²) in [7, 11) is 1.70. The average molecular weight is 354 g/mol. The van der Waals surface area contributed by atoms with Gasteiger partial charge in [0, 0.05) is 10.6 Å². The van der Waals surface area contributed by atoms with E-state index >= 15 is 0 Å². The number of aryl methyl sites for hydroxylation is 3. The smallest absolute Gasteiger partial charge is 0.123 e. The summed E-state index contributed by atoms with van der Waals surface area (Å²) in [5.74, 6) is 0.893. The van der Waals surface area contributed by atoms with E-state index in [9.17, 15) is 0 Å². The zero-order valence-corrected chi connectivity index (χ0v) is 14.5. The molecule has 2 aromatic rings. The fraction of sp³-hybridized carbons (Fsp3) is 0.294. The first kappa shape index (κ1) is 15.4. The Bertz CT molecular complexity index is 637. The highest BCUT2D eigenvalue weighted by Crippen LogP contribution is 2.39. The van der Waals surface area contributed by atoms with E-state index in [0.717, 1.165) is 21.9 Å². The topological polar surface area (TPSA) is 9.23 Å². The summed E-state index contributed by atoms with van der Waals surface area (Å²) in [4.78, 5) is 0.0910. The van der Waals surface area contributed by atoms with Crippen LogP contribution in [0.4, 0.5) is 0 Å². The molecule has 0 aliphatic carbocycles. The molecule has 0 radical (unpaired) electrons. The van der Waals surface area contributed by atoms with E-state index in [1.807, 2.05) is 19.1 Å². The first-order valence-electron chi connectivity index (χ1n) is 6.49. The van der Waals surface area contributed by atoms with Crippen molar-refractivity contribution >= 4 is 27.5 Å². The van der Waals surface area contributed by atoms with E-state index in [0.29, 0.717) is 0 Å². The van der Waals surface area contributed by atoms with Gasteiger partial charge in [0.05, 0.1) is 11.9 Å². The van der Waals surface area contributed by atoms with Crippen molar-refractivity contribution in [2.45, 2.75) is 25.6 Å². The van der Waals surface area contributed by atoms with Crippen LogP contribution in [0, 0.1) is 20.8 Å². The van der Waals surface area contributed by atoms with Crippen LogP contribution >= 0.6 is 27.5 Å². The van der Waals surface area contributed by atoms with Gasteiger partial charge in [-0.15, -0.1) is 0 Å². The molecule has 0 fully saturated rings. The van der Waals surface area contributed by atoms with Crippen LogP contribution in [0.5, 0.6) is 5.75 Å². The molecule has 0 aliphatic heterocycles. The third-order valence-corrected chi connectivity index (χ3v) is 4.87. The minimum absolute atomic E-state index is 0.0910. The molecule has 20 heavy (non-hydrogen) atoms. The van der Waals surface area contributed by atoms with Crippen molar-refractivity contribution in [2.75, 3.05) is 7.11 Å². The molecule has 0 aliphatic rings. The number of ether oxygens (including phenoxy) is 1. The predicted octanol–water partition coefficient (Wildman–Crippen LogP) is 5.76. The maximum Gasteiger partial charge on any atom is 0.123 e. The van der Waals surface area contributed by atoms with Gasteiger partial charge in [-0.3, -0.25) is 0 Å². The molecule has 0 spiro atoms. The van der Waals surface area contributed by atoms with Gasteiger partial charge in [0.25, 0.3) is 0 Å². The summed E-state index contributed by atoms with van der Waals surface area (Å²) in [6.45, 7) is 6.19. The molecule has 2 aromatic carbocycles. The maximum absolute atomic E-state index is 6.18. The Labute approximate surface area is 134 Å². The van der Waals surface area contributed by atoms with Gasteiger partial charge < -0.3 is 4.74 Å². The third kappa shape index (κ3) is 3.02. The van der Waals surface area contributed by atoms with Crippen LogP contribution in [-0.4, -0.2) is 7.11 Å². The highest BCUT2D eigenvalue weighted by molar-refractivity contribution is 9.09. The lowest BCUT2D eigenvalue weighted by atomic mass is 9.97. The van der Waals surface area contributed by atoms with E-state index in [1.165, 1.54) is 16.7 Å². The highest BCUT2D eigenvalue weighted by atomic mass is 79.9. The van der Waals surface area contributed by atoms with Crippen molar-refractivity contribution in [1.82, 2.24) is 0 Å². The Morgan fingerprint density at radius 2 is 1.70 bits per heavy atom. The molecule has 0 heterocycles. The van der Waals surface area contributed by atoms with Crippen LogP contribution in [0.15, 0.2) is 30.3 Å². The van der Waals surface area contributed by atoms with Crippen molar-refractivity contribution in [3.63, 3.8) is 0 Å². The molecule has 1 nitrogen and oxygen atoms in total. The summed E-state index contributed by atoms with van der Waals surface area (Å²) in [5, 5.41) is 0.808. The molecule has 0 saturated heterocycles. The normalized spacial score (nSPS) is 12.3. The summed E-state index contributed by atoms with van der Waals surface area (Å²) in [5.41, 5.74) is 5.83. The van der Waals surface area contributed by atoms with Gasteiger partial charge in [-0.25, -0.2) is 0 Å². The van der Waals surface area contributed by atoms with Crippen LogP contribution in [-0.2, 0) is 0 Å². The Morgan fingerprint density at radius 3 is 2.35 bits per heavy atom. The van der Waals surface area contributed by atoms with E-state index in [2.05, 4.69) is 48.0 Å². The van der Waals surface area contributed by atoms with Crippen LogP contribution in [0.25, 0.3) is 0 Å². The van der Waals surface area contributed by atoms with Gasteiger partial charge in [0.15, 0.2) is 0 Å². The van der Waals surface area contributed by atoms with E-state index in [-0.39, 0.29) is 4.83 Å². The fourth-order valence-corrected chi connectivity index (χ4v) is 3.36. The van der Waals surface area contributed by atoms with E-state index in [4.69, 9.17) is 16.3 Å². The molecule has 106 valence electrons. The van der Waals surface area contributed by atoms with Gasteiger partial charge in [-0.05, 0) is 49.6 Å². The Morgan fingerprint density at radius 1 is 1.00 bits per heavy atom. The van der Waals surface area contributed by atoms with Crippen molar-refractivity contribution in [1.29, 1.82) is 0 Å². The van der Waals surface area contributed by atoms with Gasteiger partial charge in [-0.2, -0.15) is 0 Å². The van der Waals surface area contributed by atoms with Crippen LogP contribution in [0.3, 0.4) is 0 Å². The molecule has 0 aromatic heterocycles. The predicted molar refractivity (Wildman–Crippen MR) is 89.4 cm³/mol. The third-order valence-electron chi connectivity index (χ3n) is 3.48. The molecule has 0 saturated carbocycles. The zero-order chi connectivity index (χ0) is 14.9. The van der Waals surface area contributed by atoms with Gasteiger partial charge >= 0.3 is 0 Å². The molecule has 3 heteroatoms. The van der Waals surface area contributed by atoms with Gasteiger partial charge in [0.2, 0.25) is 0 Å². The lowest BCUT2D eigenvalue weighted by Crippen LogP contribution is -2.00. The lowest BCUT2D eigenvalue weighted by molar-refractivity contribution is 0.410. The number of benzene rings is 2. The minimum Gasteiger partial charge on any atom is -0.496 e. The van der Waals surface area contributed by atoms with Crippen LogP contribution < -0.4 is 4.74 Å². The molecule has 0 bridgehead atoms. The number of hydrogen-bond donors (Lipinski definition) is 0. The first-order chi connectivity index (χ1) is 9.43. The first-order valence-corrected chi connectivity index (χ1v) is 7.78. The van der Waals surface area contributed by atoms with Crippen molar-refractivity contribution < 1.29 is 4.74 Å². The van der Waals surface area contributed by atoms with Crippen LogP contribution in [0.1, 0.15) is 32.6 Å². The van der Waals surface area contributed by atoms with E-state index in [1.54, 1.807) is 7.11 Å². The molecule has 0 amide bonds. The molecular formula is C17H18BrClO. The average Bonchev–Trinajstić information content (AvgIpc) is 2.42. The highest BCUT2D eigenvalue weighted by Gasteiger charge is 2.18.